The van der Waals surface area contributed by atoms with E-state index in [4.69, 9.17) is 16.0 Å². The highest BCUT2D eigenvalue weighted by atomic mass is 35.5. The van der Waals surface area contributed by atoms with Crippen molar-refractivity contribution in [2.24, 2.45) is 0 Å². The lowest BCUT2D eigenvalue weighted by Crippen LogP contribution is -2.36. The molecule has 0 aliphatic carbocycles. The van der Waals surface area contributed by atoms with Crippen LogP contribution < -0.4 is 0 Å². The minimum atomic E-state index is 0.0274. The zero-order valence-corrected chi connectivity index (χ0v) is 15.4. The number of aromatic nitrogens is 4. The third-order valence-electron chi connectivity index (χ3n) is 4.54. The van der Waals surface area contributed by atoms with E-state index in [9.17, 15) is 4.79 Å². The number of carbonyl (C=O) groups excluding carboxylic acids is 1. The molecule has 1 aliphatic heterocycles. The first-order chi connectivity index (χ1) is 13.2. The molecule has 1 fully saturated rings. The Balaban J connectivity index is 1.54. The van der Waals surface area contributed by atoms with Gasteiger partial charge in [0.2, 0.25) is 17.7 Å². The number of hydrogen-bond acceptors (Lipinski definition) is 6. The molecular formula is C19H18ClN5O2. The molecule has 0 atom stereocenters. The van der Waals surface area contributed by atoms with Crippen molar-refractivity contribution >= 4 is 17.5 Å². The zero-order valence-electron chi connectivity index (χ0n) is 14.6. The number of halogens is 1. The summed E-state index contributed by atoms with van der Waals surface area (Å²) in [6.07, 6.45) is 6.68. The Kier molecular flexibility index (Phi) is 5.11. The van der Waals surface area contributed by atoms with Gasteiger partial charge < -0.3 is 9.32 Å². The number of hydrogen-bond donors (Lipinski definition) is 0. The van der Waals surface area contributed by atoms with E-state index >= 15 is 0 Å². The molecule has 2 aromatic heterocycles. The molecule has 8 heteroatoms. The van der Waals surface area contributed by atoms with Gasteiger partial charge in [-0.05, 0) is 49.1 Å². The molecule has 3 aromatic rings. The van der Waals surface area contributed by atoms with Gasteiger partial charge in [-0.25, -0.2) is 0 Å². The van der Waals surface area contributed by atoms with Crippen molar-refractivity contribution in [2.45, 2.75) is 25.7 Å². The summed E-state index contributed by atoms with van der Waals surface area (Å²) in [5, 5.41) is 16.3. The lowest BCUT2D eigenvalue weighted by molar-refractivity contribution is -0.131. The van der Waals surface area contributed by atoms with Gasteiger partial charge in [0.1, 0.15) is 6.42 Å². The van der Waals surface area contributed by atoms with Crippen molar-refractivity contribution in [3.05, 3.63) is 47.6 Å². The number of likely N-dealkylation sites (tertiary alicyclic amines) is 1. The van der Waals surface area contributed by atoms with Crippen LogP contribution in [0.2, 0.25) is 5.02 Å². The molecule has 27 heavy (non-hydrogen) atoms. The third-order valence-corrected chi connectivity index (χ3v) is 4.76. The molecule has 1 aliphatic rings. The number of nitrogens with zero attached hydrogens (tertiary/aromatic N) is 5. The summed E-state index contributed by atoms with van der Waals surface area (Å²) in [7, 11) is 0. The normalized spacial score (nSPS) is 14.3. The van der Waals surface area contributed by atoms with Crippen molar-refractivity contribution in [2.75, 3.05) is 13.1 Å². The summed E-state index contributed by atoms with van der Waals surface area (Å²) in [4.78, 5) is 14.2. The maximum atomic E-state index is 12.4. The molecule has 0 saturated carbocycles. The van der Waals surface area contributed by atoms with Crippen LogP contribution in [0.1, 0.15) is 25.2 Å². The fourth-order valence-electron chi connectivity index (χ4n) is 3.17. The molecule has 1 aromatic carbocycles. The molecule has 0 bridgehead atoms. The summed E-state index contributed by atoms with van der Waals surface area (Å²) in [5.41, 5.74) is 2.45. The number of amides is 1. The predicted molar refractivity (Wildman–Crippen MR) is 99.9 cm³/mol. The lowest BCUT2D eigenvalue weighted by Gasteiger charge is -2.26. The minimum absolute atomic E-state index is 0.0274. The van der Waals surface area contributed by atoms with Crippen LogP contribution in [0.3, 0.4) is 0 Å². The highest BCUT2D eigenvalue weighted by molar-refractivity contribution is 6.31. The number of rotatable bonds is 4. The number of piperidine rings is 1. The summed E-state index contributed by atoms with van der Waals surface area (Å²) < 4.78 is 5.72. The summed E-state index contributed by atoms with van der Waals surface area (Å²) in [6.45, 7) is 1.61. The van der Waals surface area contributed by atoms with E-state index in [0.29, 0.717) is 22.4 Å². The van der Waals surface area contributed by atoms with E-state index in [1.165, 1.54) is 6.42 Å². The Morgan fingerprint density at radius 2 is 1.85 bits per heavy atom. The van der Waals surface area contributed by atoms with E-state index in [1.54, 1.807) is 18.5 Å². The van der Waals surface area contributed by atoms with Crippen LogP contribution >= 0.6 is 11.6 Å². The quantitative estimate of drug-likeness (QED) is 0.686. The summed E-state index contributed by atoms with van der Waals surface area (Å²) >= 11 is 6.26. The van der Waals surface area contributed by atoms with E-state index in [1.807, 2.05) is 23.1 Å². The average Bonchev–Trinajstić information content (AvgIpc) is 3.17. The monoisotopic (exact) mass is 383 g/mol. The Morgan fingerprint density at radius 1 is 1.04 bits per heavy atom. The molecule has 0 unspecified atom stereocenters. The molecule has 7 nitrogen and oxygen atoms in total. The highest BCUT2D eigenvalue weighted by Gasteiger charge is 2.20. The van der Waals surface area contributed by atoms with Gasteiger partial charge in [0.15, 0.2) is 0 Å². The largest absolute Gasteiger partial charge is 0.420 e. The van der Waals surface area contributed by atoms with E-state index in [2.05, 4.69) is 20.4 Å². The second-order valence-corrected chi connectivity index (χ2v) is 6.92. The first-order valence-electron chi connectivity index (χ1n) is 8.87. The minimum Gasteiger partial charge on any atom is -0.420 e. The van der Waals surface area contributed by atoms with Gasteiger partial charge >= 0.3 is 0 Å². The highest BCUT2D eigenvalue weighted by Crippen LogP contribution is 2.29. The number of carbonyl (C=O) groups is 1. The van der Waals surface area contributed by atoms with Gasteiger partial charge in [0, 0.05) is 29.2 Å². The Hall–Kier alpha value is -2.80. The van der Waals surface area contributed by atoms with Crippen molar-refractivity contribution in [1.29, 1.82) is 0 Å². The maximum absolute atomic E-state index is 12.4. The van der Waals surface area contributed by atoms with Gasteiger partial charge in [-0.2, -0.15) is 10.2 Å². The second-order valence-electron chi connectivity index (χ2n) is 6.48. The van der Waals surface area contributed by atoms with Gasteiger partial charge in [-0.3, -0.25) is 4.79 Å². The van der Waals surface area contributed by atoms with Gasteiger partial charge in [0.05, 0.1) is 12.4 Å². The Morgan fingerprint density at radius 3 is 2.63 bits per heavy atom. The summed E-state index contributed by atoms with van der Waals surface area (Å²) in [6, 6.07) is 7.33. The zero-order chi connectivity index (χ0) is 18.6. The Bertz CT molecular complexity index is 938. The smallest absolute Gasteiger partial charge is 0.247 e. The van der Waals surface area contributed by atoms with Crippen molar-refractivity contribution in [3.8, 4) is 22.6 Å². The SMILES string of the molecule is O=C(Cc1nnc(-c2cc(Cl)cc(-c3ccnnc3)c2)o1)N1CCCCC1. The first kappa shape index (κ1) is 17.6. The predicted octanol–water partition coefficient (Wildman–Crippen LogP) is 3.40. The fraction of sp³-hybridized carbons (Fsp3) is 0.316. The fourth-order valence-corrected chi connectivity index (χ4v) is 3.40. The van der Waals surface area contributed by atoms with Crippen molar-refractivity contribution in [3.63, 3.8) is 0 Å². The van der Waals surface area contributed by atoms with Crippen molar-refractivity contribution in [1.82, 2.24) is 25.3 Å². The van der Waals surface area contributed by atoms with Crippen LogP contribution in [0.25, 0.3) is 22.6 Å². The number of benzene rings is 1. The average molecular weight is 384 g/mol. The van der Waals surface area contributed by atoms with Crippen molar-refractivity contribution < 1.29 is 9.21 Å². The molecule has 138 valence electrons. The maximum Gasteiger partial charge on any atom is 0.247 e. The topological polar surface area (TPSA) is 85.0 Å². The van der Waals surface area contributed by atoms with Crippen LogP contribution in [0, 0.1) is 0 Å². The first-order valence-corrected chi connectivity index (χ1v) is 9.25. The van der Waals surface area contributed by atoms with E-state index in [0.717, 1.165) is 37.1 Å². The Labute approximate surface area is 161 Å². The lowest BCUT2D eigenvalue weighted by atomic mass is 10.1. The molecule has 0 radical (unpaired) electrons. The molecule has 3 heterocycles. The van der Waals surface area contributed by atoms with Crippen LogP contribution in [-0.4, -0.2) is 44.3 Å². The molecule has 0 spiro atoms. The van der Waals surface area contributed by atoms with Crippen LogP contribution in [-0.2, 0) is 11.2 Å². The summed E-state index contributed by atoms with van der Waals surface area (Å²) in [5.74, 6) is 0.675. The third kappa shape index (κ3) is 4.14. The molecule has 4 rings (SSSR count). The van der Waals surface area contributed by atoms with Gasteiger partial charge in [-0.15, -0.1) is 10.2 Å². The van der Waals surface area contributed by atoms with Crippen LogP contribution in [0.5, 0.6) is 0 Å². The second kappa shape index (κ2) is 7.84. The van der Waals surface area contributed by atoms with Gasteiger partial charge in [-0.1, -0.05) is 11.6 Å². The van der Waals surface area contributed by atoms with Gasteiger partial charge in [0.25, 0.3) is 0 Å². The van der Waals surface area contributed by atoms with E-state index < -0.39 is 0 Å². The van der Waals surface area contributed by atoms with E-state index in [-0.39, 0.29) is 12.3 Å². The molecule has 0 N–H and O–H groups in total. The molecule has 1 amide bonds. The molecular weight excluding hydrogens is 366 g/mol. The standard InChI is InChI=1S/C19H18ClN5O2/c20-16-9-14(13-4-5-21-22-12-13)8-15(10-16)19-24-23-17(27-19)11-18(26)25-6-2-1-3-7-25/h4-5,8-10,12H,1-3,6-7,11H2. The molecule has 1 saturated heterocycles. The van der Waals surface area contributed by atoms with Crippen LogP contribution in [0.15, 0.2) is 41.1 Å². The van der Waals surface area contributed by atoms with Crippen LogP contribution in [0.4, 0.5) is 0 Å².